The number of carbonyl (C=O) groups is 2. The van der Waals surface area contributed by atoms with Gasteiger partial charge in [0.1, 0.15) is 6.61 Å². The van der Waals surface area contributed by atoms with Crippen molar-refractivity contribution in [3.8, 4) is 0 Å². The van der Waals surface area contributed by atoms with Crippen LogP contribution in [0.15, 0.2) is 97.2 Å². The maximum atomic E-state index is 14.0. The molecular formula is C34H35N5O5. The van der Waals surface area contributed by atoms with Gasteiger partial charge in [-0.05, 0) is 35.7 Å². The van der Waals surface area contributed by atoms with Crippen molar-refractivity contribution >= 4 is 23.4 Å². The highest BCUT2D eigenvalue weighted by atomic mass is 16.6. The summed E-state index contributed by atoms with van der Waals surface area (Å²) >= 11 is 0. The van der Waals surface area contributed by atoms with E-state index < -0.39 is 23.5 Å². The van der Waals surface area contributed by atoms with E-state index in [0.717, 1.165) is 11.1 Å². The molecule has 3 atom stereocenters. The fourth-order valence-corrected chi connectivity index (χ4v) is 5.94. The fourth-order valence-electron chi connectivity index (χ4n) is 5.94. The van der Waals surface area contributed by atoms with E-state index in [1.54, 1.807) is 27.8 Å². The van der Waals surface area contributed by atoms with Crippen LogP contribution in [0.25, 0.3) is 0 Å². The molecule has 10 nitrogen and oxygen atoms in total. The van der Waals surface area contributed by atoms with Gasteiger partial charge in [-0.15, -0.1) is 5.10 Å². The molecule has 10 heteroatoms. The minimum absolute atomic E-state index is 0.0733. The van der Waals surface area contributed by atoms with Gasteiger partial charge in [0, 0.05) is 29.9 Å². The van der Waals surface area contributed by atoms with Gasteiger partial charge >= 0.3 is 6.09 Å². The van der Waals surface area contributed by atoms with Crippen LogP contribution in [0, 0.1) is 5.92 Å². The Bertz CT molecular complexity index is 1660. The minimum atomic E-state index is -1.83. The number of aliphatic hydroxyl groups excluding tert-OH is 1. The summed E-state index contributed by atoms with van der Waals surface area (Å²) in [6, 6.07) is 24.7. The number of hydrogen-bond acceptors (Lipinski definition) is 7. The van der Waals surface area contributed by atoms with Crippen molar-refractivity contribution in [3.63, 3.8) is 0 Å². The quantitative estimate of drug-likeness (QED) is 0.248. The van der Waals surface area contributed by atoms with E-state index in [2.05, 4.69) is 10.3 Å². The Morgan fingerprint density at radius 3 is 2.50 bits per heavy atom. The molecule has 6 rings (SSSR count). The Balaban J connectivity index is 1.20. The SMILES string of the molecule is C[C@H](/C=C/CCn1cc(C(CO)c2ccccc2)nn1)[C@@]1(O)C(=O)N(Cc2ccccc2)c2ccc(N3CCOC3=O)cc21. The molecule has 0 bridgehead atoms. The van der Waals surface area contributed by atoms with Crippen molar-refractivity contribution in [1.29, 1.82) is 0 Å². The summed E-state index contributed by atoms with van der Waals surface area (Å²) in [5.41, 5.74) is 2.43. The van der Waals surface area contributed by atoms with Crippen LogP contribution < -0.4 is 9.80 Å². The smallest absolute Gasteiger partial charge is 0.414 e. The number of anilines is 2. The van der Waals surface area contributed by atoms with Gasteiger partial charge in [-0.1, -0.05) is 85.0 Å². The van der Waals surface area contributed by atoms with E-state index in [1.165, 1.54) is 4.90 Å². The van der Waals surface area contributed by atoms with Crippen LogP contribution in [0.1, 0.15) is 41.6 Å². The van der Waals surface area contributed by atoms with Crippen LogP contribution in [-0.2, 0) is 28.2 Å². The zero-order valence-electron chi connectivity index (χ0n) is 24.5. The zero-order valence-corrected chi connectivity index (χ0v) is 24.5. The minimum Gasteiger partial charge on any atom is -0.447 e. The number of aryl methyl sites for hydroxylation is 1. The lowest BCUT2D eigenvalue weighted by Crippen LogP contribution is -2.44. The van der Waals surface area contributed by atoms with Crippen LogP contribution in [-0.4, -0.2) is 57.0 Å². The number of carbonyl (C=O) groups excluding carboxylic acids is 2. The Morgan fingerprint density at radius 1 is 1.05 bits per heavy atom. The third kappa shape index (κ3) is 5.49. The number of ether oxygens (including phenoxy) is 1. The molecule has 3 heterocycles. The van der Waals surface area contributed by atoms with E-state index in [-0.39, 0.29) is 12.5 Å². The molecule has 2 aliphatic heterocycles. The topological polar surface area (TPSA) is 121 Å². The third-order valence-corrected chi connectivity index (χ3v) is 8.42. The summed E-state index contributed by atoms with van der Waals surface area (Å²) in [5.74, 6) is -1.24. The average Bonchev–Trinajstić information content (AvgIpc) is 3.75. The Morgan fingerprint density at radius 2 is 1.80 bits per heavy atom. The standard InChI is InChI=1S/C34H35N5O5/c1-24(10-8-9-17-37-22-30(35-36-37)28(23-40)26-13-6-3-7-14-26)34(43)29-20-27(38-18-19-44-33(38)42)15-16-31(29)39(32(34)41)21-25-11-4-2-5-12-25/h2-8,10-16,20,22,24,28,40,43H,9,17-19,21,23H2,1H3/b10-8+/t24-,28?,34+/m1/s1. The van der Waals surface area contributed by atoms with Crippen molar-refractivity contribution < 1.29 is 24.5 Å². The highest BCUT2D eigenvalue weighted by molar-refractivity contribution is 6.08. The summed E-state index contributed by atoms with van der Waals surface area (Å²) in [6.45, 7) is 3.28. The number of nitrogens with zero attached hydrogens (tertiary/aromatic N) is 5. The first-order valence-electron chi connectivity index (χ1n) is 14.8. The molecule has 1 unspecified atom stereocenters. The number of aromatic nitrogens is 3. The van der Waals surface area contributed by atoms with E-state index in [1.807, 2.05) is 85.9 Å². The van der Waals surface area contributed by atoms with E-state index in [4.69, 9.17) is 4.74 Å². The number of amides is 2. The van der Waals surface area contributed by atoms with Gasteiger partial charge < -0.3 is 19.8 Å². The lowest BCUT2D eigenvalue weighted by Gasteiger charge is -2.28. The molecule has 0 radical (unpaired) electrons. The Kier molecular flexibility index (Phi) is 8.28. The highest BCUT2D eigenvalue weighted by Crippen LogP contribution is 2.47. The average molecular weight is 594 g/mol. The molecule has 2 N–H and O–H groups in total. The first-order chi connectivity index (χ1) is 21.4. The lowest BCUT2D eigenvalue weighted by atomic mass is 9.82. The molecule has 2 aliphatic rings. The molecule has 0 saturated carbocycles. The number of fused-ring (bicyclic) bond motifs is 1. The molecule has 4 aromatic rings. The van der Waals surface area contributed by atoms with Crippen LogP contribution in [0.3, 0.4) is 0 Å². The molecule has 3 aromatic carbocycles. The molecular weight excluding hydrogens is 558 g/mol. The second-order valence-electron chi connectivity index (χ2n) is 11.2. The lowest BCUT2D eigenvalue weighted by molar-refractivity contribution is -0.139. The molecule has 0 spiro atoms. The number of cyclic esters (lactones) is 1. The zero-order chi connectivity index (χ0) is 30.7. The van der Waals surface area contributed by atoms with Crippen LogP contribution in [0.5, 0.6) is 0 Å². The number of allylic oxidation sites excluding steroid dienone is 1. The van der Waals surface area contributed by atoms with Gasteiger partial charge in [-0.25, -0.2) is 4.79 Å². The largest absolute Gasteiger partial charge is 0.447 e. The van der Waals surface area contributed by atoms with Gasteiger partial charge in [0.05, 0.1) is 37.0 Å². The fraction of sp³-hybridized carbons (Fsp3) is 0.294. The molecule has 1 fully saturated rings. The molecule has 1 saturated heterocycles. The summed E-state index contributed by atoms with van der Waals surface area (Å²) in [6.07, 6.45) is 5.76. The van der Waals surface area contributed by atoms with E-state index in [9.17, 15) is 19.8 Å². The molecule has 226 valence electrons. The molecule has 2 amide bonds. The van der Waals surface area contributed by atoms with Crippen molar-refractivity contribution in [2.75, 3.05) is 29.6 Å². The predicted octanol–water partition coefficient (Wildman–Crippen LogP) is 4.38. The number of benzene rings is 3. The number of hydrogen-bond donors (Lipinski definition) is 2. The van der Waals surface area contributed by atoms with Gasteiger partial charge in [0.25, 0.3) is 5.91 Å². The summed E-state index contributed by atoms with van der Waals surface area (Å²) in [7, 11) is 0. The Hall–Kier alpha value is -4.80. The second kappa shape index (κ2) is 12.4. The van der Waals surface area contributed by atoms with Gasteiger partial charge in [-0.2, -0.15) is 0 Å². The van der Waals surface area contributed by atoms with Gasteiger partial charge in [0.2, 0.25) is 0 Å². The summed E-state index contributed by atoms with van der Waals surface area (Å²) in [5, 5.41) is 30.6. The second-order valence-corrected chi connectivity index (χ2v) is 11.2. The predicted molar refractivity (Wildman–Crippen MR) is 165 cm³/mol. The maximum absolute atomic E-state index is 14.0. The number of rotatable bonds is 11. The molecule has 44 heavy (non-hydrogen) atoms. The van der Waals surface area contributed by atoms with Gasteiger partial charge in [-0.3, -0.25) is 14.4 Å². The van der Waals surface area contributed by atoms with Crippen molar-refractivity contribution in [3.05, 3.63) is 120 Å². The van der Waals surface area contributed by atoms with Crippen molar-refractivity contribution in [2.24, 2.45) is 5.92 Å². The third-order valence-electron chi connectivity index (χ3n) is 8.42. The monoisotopic (exact) mass is 593 g/mol. The van der Waals surface area contributed by atoms with Crippen LogP contribution >= 0.6 is 0 Å². The summed E-state index contributed by atoms with van der Waals surface area (Å²) in [4.78, 5) is 29.4. The van der Waals surface area contributed by atoms with Crippen molar-refractivity contribution in [1.82, 2.24) is 15.0 Å². The normalized spacial score (nSPS) is 19.4. The number of aliphatic hydroxyl groups is 2. The first-order valence-corrected chi connectivity index (χ1v) is 14.8. The summed E-state index contributed by atoms with van der Waals surface area (Å²) < 4.78 is 6.84. The Labute approximate surface area is 255 Å². The molecule has 0 aliphatic carbocycles. The van der Waals surface area contributed by atoms with E-state index in [0.29, 0.717) is 55.3 Å². The van der Waals surface area contributed by atoms with Crippen molar-refractivity contribution in [2.45, 2.75) is 38.0 Å². The molecule has 1 aromatic heterocycles. The van der Waals surface area contributed by atoms with Crippen LogP contribution in [0.4, 0.5) is 16.2 Å². The highest BCUT2D eigenvalue weighted by Gasteiger charge is 2.52. The van der Waals surface area contributed by atoms with Crippen LogP contribution in [0.2, 0.25) is 0 Å². The first kappa shape index (κ1) is 29.3. The van der Waals surface area contributed by atoms with Gasteiger partial charge in [0.15, 0.2) is 5.60 Å². The maximum Gasteiger partial charge on any atom is 0.414 e. The van der Waals surface area contributed by atoms with E-state index >= 15 is 0 Å².